The summed E-state index contributed by atoms with van der Waals surface area (Å²) in [5.41, 5.74) is 8.60. The number of benzene rings is 2. The van der Waals surface area contributed by atoms with E-state index < -0.39 is 0 Å². The fourth-order valence-electron chi connectivity index (χ4n) is 2.63. The molecule has 0 amide bonds. The molecule has 0 aliphatic carbocycles. The van der Waals surface area contributed by atoms with Crippen LogP contribution in [0.1, 0.15) is 17.0 Å². The highest BCUT2D eigenvalue weighted by Gasteiger charge is 2.28. The number of halogens is 2. The van der Waals surface area contributed by atoms with Crippen LogP contribution in [0, 0.1) is 5.82 Å². The van der Waals surface area contributed by atoms with Crippen molar-refractivity contribution in [1.29, 1.82) is 0 Å². The van der Waals surface area contributed by atoms with Crippen LogP contribution in [-0.2, 0) is 6.42 Å². The van der Waals surface area contributed by atoms with Gasteiger partial charge in [0.1, 0.15) is 5.82 Å². The summed E-state index contributed by atoms with van der Waals surface area (Å²) in [6.45, 7) is 0. The maximum absolute atomic E-state index is 13.1. The average Bonchev–Trinajstić information content (AvgIpc) is 2.86. The van der Waals surface area contributed by atoms with E-state index in [1.165, 1.54) is 22.6 Å². The minimum absolute atomic E-state index is 0.00545. The summed E-state index contributed by atoms with van der Waals surface area (Å²) in [4.78, 5) is 1.32. The van der Waals surface area contributed by atoms with Crippen molar-refractivity contribution < 1.29 is 4.39 Å². The van der Waals surface area contributed by atoms with Crippen LogP contribution in [0.5, 0.6) is 0 Å². The fourth-order valence-corrected chi connectivity index (χ4v) is 4.22. The standard InChI is InChI=1S/C16H15ClFNS/c17-14-8-11(18)6-5-10(14)7-15(19)13-9-20-16-4-2-1-3-12(13)16/h1-6,8,13,15H,7,9,19H2. The first kappa shape index (κ1) is 13.9. The summed E-state index contributed by atoms with van der Waals surface area (Å²) in [5.74, 6) is 1.02. The maximum Gasteiger partial charge on any atom is 0.124 e. The number of rotatable bonds is 3. The van der Waals surface area contributed by atoms with Gasteiger partial charge >= 0.3 is 0 Å². The van der Waals surface area contributed by atoms with Crippen LogP contribution >= 0.6 is 23.4 Å². The van der Waals surface area contributed by atoms with Crippen LogP contribution in [0.2, 0.25) is 5.02 Å². The van der Waals surface area contributed by atoms with Crippen molar-refractivity contribution in [1.82, 2.24) is 0 Å². The van der Waals surface area contributed by atoms with Crippen molar-refractivity contribution in [3.63, 3.8) is 0 Å². The molecule has 0 fully saturated rings. The lowest BCUT2D eigenvalue weighted by atomic mass is 9.90. The van der Waals surface area contributed by atoms with Gasteiger partial charge in [-0.05, 0) is 35.7 Å². The van der Waals surface area contributed by atoms with Crippen LogP contribution in [0.4, 0.5) is 4.39 Å². The summed E-state index contributed by atoms with van der Waals surface area (Å²) in [7, 11) is 0. The fraction of sp³-hybridized carbons (Fsp3) is 0.250. The highest BCUT2D eigenvalue weighted by molar-refractivity contribution is 7.99. The largest absolute Gasteiger partial charge is 0.327 e. The summed E-state index contributed by atoms with van der Waals surface area (Å²) in [6, 6.07) is 12.9. The van der Waals surface area contributed by atoms with Gasteiger partial charge in [0, 0.05) is 27.6 Å². The molecule has 1 aliphatic heterocycles. The van der Waals surface area contributed by atoms with E-state index in [1.54, 1.807) is 6.07 Å². The lowest BCUT2D eigenvalue weighted by Crippen LogP contribution is -2.31. The van der Waals surface area contributed by atoms with E-state index in [-0.39, 0.29) is 11.9 Å². The molecule has 2 aromatic carbocycles. The molecule has 0 aromatic heterocycles. The molecule has 0 spiro atoms. The van der Waals surface area contributed by atoms with Crippen molar-refractivity contribution in [3.05, 3.63) is 64.4 Å². The molecular weight excluding hydrogens is 293 g/mol. The predicted molar refractivity (Wildman–Crippen MR) is 83.0 cm³/mol. The molecule has 3 rings (SSSR count). The monoisotopic (exact) mass is 307 g/mol. The van der Waals surface area contributed by atoms with Crippen molar-refractivity contribution in [3.8, 4) is 0 Å². The Hall–Kier alpha value is -1.03. The molecule has 2 N–H and O–H groups in total. The second-order valence-corrected chi connectivity index (χ2v) is 6.53. The number of fused-ring (bicyclic) bond motifs is 1. The molecule has 2 aromatic rings. The molecule has 0 radical (unpaired) electrons. The molecule has 1 aliphatic rings. The van der Waals surface area contributed by atoms with Crippen molar-refractivity contribution >= 4 is 23.4 Å². The third kappa shape index (κ3) is 2.71. The van der Waals surface area contributed by atoms with Gasteiger partial charge in [-0.3, -0.25) is 0 Å². The summed E-state index contributed by atoms with van der Waals surface area (Å²) < 4.78 is 13.1. The van der Waals surface area contributed by atoms with E-state index in [1.807, 2.05) is 11.8 Å². The molecule has 4 heteroatoms. The second kappa shape index (κ2) is 5.76. The minimum Gasteiger partial charge on any atom is -0.327 e. The number of hydrogen-bond acceptors (Lipinski definition) is 2. The quantitative estimate of drug-likeness (QED) is 0.918. The van der Waals surface area contributed by atoms with Crippen LogP contribution in [-0.4, -0.2) is 11.8 Å². The smallest absolute Gasteiger partial charge is 0.124 e. The summed E-state index contributed by atoms with van der Waals surface area (Å²) in [6.07, 6.45) is 0.665. The van der Waals surface area contributed by atoms with Crippen LogP contribution in [0.25, 0.3) is 0 Å². The Morgan fingerprint density at radius 2 is 2.10 bits per heavy atom. The first-order valence-corrected chi connectivity index (χ1v) is 7.93. The number of thioether (sulfide) groups is 1. The van der Waals surface area contributed by atoms with E-state index in [2.05, 4.69) is 24.3 Å². The molecule has 2 unspecified atom stereocenters. The Morgan fingerprint density at radius 1 is 1.30 bits per heavy atom. The van der Waals surface area contributed by atoms with Gasteiger partial charge in [0.15, 0.2) is 0 Å². The van der Waals surface area contributed by atoms with Crippen LogP contribution in [0.3, 0.4) is 0 Å². The average molecular weight is 308 g/mol. The van der Waals surface area contributed by atoms with E-state index in [0.29, 0.717) is 17.4 Å². The van der Waals surface area contributed by atoms with E-state index in [0.717, 1.165) is 11.3 Å². The lowest BCUT2D eigenvalue weighted by molar-refractivity contribution is 0.570. The van der Waals surface area contributed by atoms with Gasteiger partial charge in [0.05, 0.1) is 0 Å². The predicted octanol–water partition coefficient (Wildman–Crippen LogP) is 4.24. The van der Waals surface area contributed by atoms with Gasteiger partial charge in [0.2, 0.25) is 0 Å². The Labute approximate surface area is 127 Å². The van der Waals surface area contributed by atoms with Gasteiger partial charge in [-0.1, -0.05) is 35.9 Å². The van der Waals surface area contributed by atoms with Gasteiger partial charge in [-0.25, -0.2) is 4.39 Å². The SMILES string of the molecule is NC(Cc1ccc(F)cc1Cl)C1CSc2ccccc21. The molecule has 20 heavy (non-hydrogen) atoms. The number of nitrogens with two attached hydrogens (primary N) is 1. The topological polar surface area (TPSA) is 26.0 Å². The first-order chi connectivity index (χ1) is 9.65. The zero-order valence-electron chi connectivity index (χ0n) is 10.9. The Morgan fingerprint density at radius 3 is 2.90 bits per heavy atom. The summed E-state index contributed by atoms with van der Waals surface area (Å²) in [5, 5.41) is 0.458. The Bertz CT molecular complexity index is 632. The maximum atomic E-state index is 13.1. The molecule has 0 saturated carbocycles. The van der Waals surface area contributed by atoms with Crippen molar-refractivity contribution in [2.45, 2.75) is 23.3 Å². The van der Waals surface area contributed by atoms with Crippen LogP contribution in [0.15, 0.2) is 47.4 Å². The molecule has 1 heterocycles. The lowest BCUT2D eigenvalue weighted by Gasteiger charge is -2.20. The van der Waals surface area contributed by atoms with Crippen molar-refractivity contribution in [2.24, 2.45) is 5.73 Å². The Kier molecular flexibility index (Phi) is 4.01. The minimum atomic E-state index is -0.311. The van der Waals surface area contributed by atoms with E-state index in [4.69, 9.17) is 17.3 Å². The Balaban J connectivity index is 1.79. The van der Waals surface area contributed by atoms with E-state index in [9.17, 15) is 4.39 Å². The van der Waals surface area contributed by atoms with Crippen LogP contribution < -0.4 is 5.73 Å². The highest BCUT2D eigenvalue weighted by Crippen LogP contribution is 2.41. The normalized spacial score (nSPS) is 18.9. The van der Waals surface area contributed by atoms with Gasteiger partial charge in [-0.15, -0.1) is 11.8 Å². The van der Waals surface area contributed by atoms with Crippen molar-refractivity contribution in [2.75, 3.05) is 5.75 Å². The first-order valence-electron chi connectivity index (χ1n) is 6.56. The number of hydrogen-bond donors (Lipinski definition) is 1. The third-order valence-electron chi connectivity index (χ3n) is 3.72. The second-order valence-electron chi connectivity index (χ2n) is 5.06. The molecule has 1 nitrogen and oxygen atoms in total. The molecule has 104 valence electrons. The molecule has 2 atom stereocenters. The van der Waals surface area contributed by atoms with Gasteiger partial charge in [0.25, 0.3) is 0 Å². The molecule has 0 saturated heterocycles. The molecule has 0 bridgehead atoms. The van der Waals surface area contributed by atoms with E-state index >= 15 is 0 Å². The molecular formula is C16H15ClFNS. The van der Waals surface area contributed by atoms with Gasteiger partial charge < -0.3 is 5.73 Å². The van der Waals surface area contributed by atoms with Gasteiger partial charge in [-0.2, -0.15) is 0 Å². The highest BCUT2D eigenvalue weighted by atomic mass is 35.5. The zero-order valence-corrected chi connectivity index (χ0v) is 12.4. The summed E-state index contributed by atoms with van der Waals surface area (Å²) >= 11 is 7.93. The third-order valence-corrected chi connectivity index (χ3v) is 5.28. The zero-order chi connectivity index (χ0) is 14.1.